The van der Waals surface area contributed by atoms with Crippen LogP contribution >= 0.6 is 23.2 Å². The van der Waals surface area contributed by atoms with Crippen LogP contribution in [-0.4, -0.2) is 28.1 Å². The first-order valence-corrected chi connectivity index (χ1v) is 9.72. The Kier molecular flexibility index (Phi) is 6.54. The third kappa shape index (κ3) is 4.87. The number of benzene rings is 2. The molecule has 0 aliphatic carbocycles. The highest BCUT2D eigenvalue weighted by molar-refractivity contribution is 6.31. The van der Waals surface area contributed by atoms with Gasteiger partial charge in [0.25, 0.3) is 5.91 Å². The average Bonchev–Trinajstić information content (AvgIpc) is 2.70. The number of halogens is 2. The number of aromatic nitrogens is 2. The molecule has 3 rings (SSSR count). The number of hydrogen-bond donors (Lipinski definition) is 2. The highest BCUT2D eigenvalue weighted by Gasteiger charge is 2.16. The van der Waals surface area contributed by atoms with E-state index in [0.29, 0.717) is 32.7 Å². The molecule has 0 fully saturated rings. The quantitative estimate of drug-likeness (QED) is 0.629. The van der Waals surface area contributed by atoms with Gasteiger partial charge in [-0.2, -0.15) is 5.10 Å². The van der Waals surface area contributed by atoms with Crippen molar-refractivity contribution in [1.29, 1.82) is 0 Å². The van der Waals surface area contributed by atoms with Gasteiger partial charge in [-0.05, 0) is 55.8 Å². The second kappa shape index (κ2) is 9.11. The van der Waals surface area contributed by atoms with Gasteiger partial charge in [0.2, 0.25) is 11.3 Å². The maximum Gasteiger partial charge on any atom is 0.276 e. The van der Waals surface area contributed by atoms with E-state index in [9.17, 15) is 14.4 Å². The zero-order valence-corrected chi connectivity index (χ0v) is 17.7. The van der Waals surface area contributed by atoms with Crippen molar-refractivity contribution in [3.05, 3.63) is 85.8 Å². The molecule has 154 valence electrons. The molecular formula is C21H18Cl2N4O3. The fourth-order valence-electron chi connectivity index (χ4n) is 2.73. The summed E-state index contributed by atoms with van der Waals surface area (Å²) in [6.45, 7) is 3.14. The molecule has 0 unspecified atom stereocenters. The maximum absolute atomic E-state index is 12.5. The smallest absolute Gasteiger partial charge is 0.276 e. The predicted molar refractivity (Wildman–Crippen MR) is 117 cm³/mol. The van der Waals surface area contributed by atoms with Gasteiger partial charge in [-0.1, -0.05) is 29.3 Å². The molecule has 30 heavy (non-hydrogen) atoms. The molecule has 0 aliphatic heterocycles. The fourth-order valence-corrected chi connectivity index (χ4v) is 3.03. The van der Waals surface area contributed by atoms with Gasteiger partial charge in [0, 0.05) is 27.5 Å². The summed E-state index contributed by atoms with van der Waals surface area (Å²) in [4.78, 5) is 36.9. The van der Waals surface area contributed by atoms with E-state index < -0.39 is 17.2 Å². The van der Waals surface area contributed by atoms with Gasteiger partial charge in [0.15, 0.2) is 5.69 Å². The minimum Gasteiger partial charge on any atom is -0.341 e. The maximum atomic E-state index is 12.5. The van der Waals surface area contributed by atoms with E-state index in [1.807, 2.05) is 0 Å². The Hall–Kier alpha value is -3.16. The number of hydrogen-bond acceptors (Lipinski definition) is 4. The number of aryl methyl sites for hydroxylation is 1. The van der Waals surface area contributed by atoms with Crippen LogP contribution in [0.1, 0.15) is 21.7 Å². The van der Waals surface area contributed by atoms with Crippen LogP contribution in [0.4, 0.5) is 5.69 Å². The Bertz CT molecular complexity index is 1170. The molecule has 1 heterocycles. The molecule has 0 aliphatic rings. The van der Waals surface area contributed by atoms with Gasteiger partial charge < -0.3 is 10.6 Å². The van der Waals surface area contributed by atoms with Gasteiger partial charge in [-0.15, -0.1) is 0 Å². The monoisotopic (exact) mass is 444 g/mol. The van der Waals surface area contributed by atoms with Crippen molar-refractivity contribution in [2.24, 2.45) is 0 Å². The molecule has 0 atom stereocenters. The van der Waals surface area contributed by atoms with Crippen LogP contribution < -0.4 is 16.1 Å². The third-order valence-electron chi connectivity index (χ3n) is 4.35. The minimum atomic E-state index is -0.749. The molecule has 0 bridgehead atoms. The summed E-state index contributed by atoms with van der Waals surface area (Å²) in [5.41, 5.74) is 1.59. The van der Waals surface area contributed by atoms with Crippen LogP contribution in [-0.2, 0) is 4.79 Å². The zero-order chi connectivity index (χ0) is 21.8. The van der Waals surface area contributed by atoms with Gasteiger partial charge in [0.05, 0.1) is 12.2 Å². The predicted octanol–water partition coefficient (Wildman–Crippen LogP) is 3.52. The first-order valence-electron chi connectivity index (χ1n) is 8.96. The highest BCUT2D eigenvalue weighted by Crippen LogP contribution is 2.22. The van der Waals surface area contributed by atoms with Crippen molar-refractivity contribution in [2.75, 3.05) is 11.9 Å². The number of carbonyl (C=O) groups is 2. The van der Waals surface area contributed by atoms with Crippen LogP contribution in [0.2, 0.25) is 10.0 Å². The van der Waals surface area contributed by atoms with E-state index in [2.05, 4.69) is 15.7 Å². The number of nitrogens with zero attached hydrogens (tertiary/aromatic N) is 2. The van der Waals surface area contributed by atoms with E-state index in [0.717, 1.165) is 0 Å². The fraction of sp³-hybridized carbons (Fsp3) is 0.143. The van der Waals surface area contributed by atoms with Crippen molar-refractivity contribution < 1.29 is 9.59 Å². The standard InChI is InChI=1S/C21H18Cl2N4O3/c1-12-10-18(28)20(26-27(12)15-8-6-14(22)7-9-15)21(30)24-11-19(29)25-17-5-3-4-16(23)13(17)2/h3-10H,11H2,1-2H3,(H,24,30)(H,25,29). The first-order chi connectivity index (χ1) is 14.3. The second-order valence-corrected chi connectivity index (χ2v) is 7.37. The molecular weight excluding hydrogens is 427 g/mol. The summed E-state index contributed by atoms with van der Waals surface area (Å²) in [6, 6.07) is 13.2. The topological polar surface area (TPSA) is 93.1 Å². The van der Waals surface area contributed by atoms with Crippen molar-refractivity contribution in [1.82, 2.24) is 15.1 Å². The highest BCUT2D eigenvalue weighted by atomic mass is 35.5. The largest absolute Gasteiger partial charge is 0.341 e. The van der Waals surface area contributed by atoms with E-state index >= 15 is 0 Å². The Morgan fingerprint density at radius 2 is 1.77 bits per heavy atom. The van der Waals surface area contributed by atoms with Crippen LogP contribution in [0.5, 0.6) is 0 Å². The third-order valence-corrected chi connectivity index (χ3v) is 5.01. The number of rotatable bonds is 5. The second-order valence-electron chi connectivity index (χ2n) is 6.53. The molecule has 2 amide bonds. The Labute approximate surface area is 182 Å². The van der Waals surface area contributed by atoms with E-state index in [1.54, 1.807) is 56.3 Å². The number of carbonyl (C=O) groups excluding carboxylic acids is 2. The number of nitrogens with one attached hydrogen (secondary N) is 2. The normalized spacial score (nSPS) is 10.5. The molecule has 3 aromatic rings. The van der Waals surface area contributed by atoms with E-state index in [1.165, 1.54) is 10.7 Å². The average molecular weight is 445 g/mol. The Morgan fingerprint density at radius 3 is 2.47 bits per heavy atom. The minimum absolute atomic E-state index is 0.317. The van der Waals surface area contributed by atoms with Crippen LogP contribution in [0.15, 0.2) is 53.3 Å². The van der Waals surface area contributed by atoms with Gasteiger partial charge in [0.1, 0.15) is 0 Å². The lowest BCUT2D eigenvalue weighted by atomic mass is 10.2. The van der Waals surface area contributed by atoms with Crippen molar-refractivity contribution in [3.63, 3.8) is 0 Å². The lowest BCUT2D eigenvalue weighted by Gasteiger charge is -2.12. The SMILES string of the molecule is Cc1c(Cl)cccc1NC(=O)CNC(=O)c1nn(-c2ccc(Cl)cc2)c(C)cc1=O. The van der Waals surface area contributed by atoms with Crippen molar-refractivity contribution in [2.45, 2.75) is 13.8 Å². The zero-order valence-electron chi connectivity index (χ0n) is 16.2. The Balaban J connectivity index is 1.74. The summed E-state index contributed by atoms with van der Waals surface area (Å²) >= 11 is 11.9. The van der Waals surface area contributed by atoms with E-state index in [4.69, 9.17) is 23.2 Å². The van der Waals surface area contributed by atoms with Crippen molar-refractivity contribution in [3.8, 4) is 5.69 Å². The summed E-state index contributed by atoms with van der Waals surface area (Å²) in [7, 11) is 0. The first kappa shape index (κ1) is 21.5. The molecule has 9 heteroatoms. The summed E-state index contributed by atoms with van der Waals surface area (Å²) < 4.78 is 1.46. The van der Waals surface area contributed by atoms with E-state index in [-0.39, 0.29) is 12.2 Å². The number of amides is 2. The van der Waals surface area contributed by atoms with Crippen LogP contribution in [0.25, 0.3) is 5.69 Å². The molecule has 1 aromatic heterocycles. The molecule has 2 N–H and O–H groups in total. The van der Waals surface area contributed by atoms with Gasteiger partial charge >= 0.3 is 0 Å². The Morgan fingerprint density at radius 1 is 1.07 bits per heavy atom. The molecule has 0 radical (unpaired) electrons. The van der Waals surface area contributed by atoms with Crippen LogP contribution in [0.3, 0.4) is 0 Å². The van der Waals surface area contributed by atoms with Crippen molar-refractivity contribution >= 4 is 40.7 Å². The summed E-state index contributed by atoms with van der Waals surface area (Å²) in [6.07, 6.45) is 0. The lowest BCUT2D eigenvalue weighted by Crippen LogP contribution is -2.37. The van der Waals surface area contributed by atoms with Gasteiger partial charge in [-0.25, -0.2) is 4.68 Å². The molecule has 2 aromatic carbocycles. The molecule has 7 nitrogen and oxygen atoms in total. The lowest BCUT2D eigenvalue weighted by molar-refractivity contribution is -0.115. The molecule has 0 saturated carbocycles. The summed E-state index contributed by atoms with van der Waals surface area (Å²) in [5, 5.41) is 10.3. The van der Waals surface area contributed by atoms with Crippen LogP contribution in [0, 0.1) is 13.8 Å². The van der Waals surface area contributed by atoms with Gasteiger partial charge in [-0.3, -0.25) is 14.4 Å². The number of anilines is 1. The molecule has 0 spiro atoms. The molecule has 0 saturated heterocycles. The summed E-state index contributed by atoms with van der Waals surface area (Å²) in [5.74, 6) is -1.21.